The van der Waals surface area contributed by atoms with Crippen LogP contribution in [0, 0.1) is 0 Å². The zero-order valence-electron chi connectivity index (χ0n) is 12.0. The van der Waals surface area contributed by atoms with Crippen molar-refractivity contribution >= 4 is 15.7 Å². The third kappa shape index (κ3) is 5.52. The number of rotatable bonds is 8. The molecule has 0 N–H and O–H groups in total. The summed E-state index contributed by atoms with van der Waals surface area (Å²) in [6.45, 7) is 13.2. The predicted octanol–water partition coefficient (Wildman–Crippen LogP) is 4.46. The molecule has 0 fully saturated rings. The third-order valence-electron chi connectivity index (χ3n) is 2.40. The van der Waals surface area contributed by atoms with E-state index in [1.54, 1.807) is 0 Å². The van der Waals surface area contributed by atoms with Crippen molar-refractivity contribution in [2.45, 2.75) is 52.1 Å². The van der Waals surface area contributed by atoms with Gasteiger partial charge in [-0.2, -0.15) is 0 Å². The summed E-state index contributed by atoms with van der Waals surface area (Å²) in [6.07, 6.45) is 5.05. The standard InChI is InChI=1S/C12H27O3PSi/c1-7-10-11-12(17(4,5)6)16(13,14-8-2)15-9-3/h10-12H,7-9H2,1-6H3/b11-10+. The minimum Gasteiger partial charge on any atom is -0.309 e. The van der Waals surface area contributed by atoms with Gasteiger partial charge in [0.25, 0.3) is 0 Å². The average Bonchev–Trinajstić information content (AvgIpc) is 2.16. The summed E-state index contributed by atoms with van der Waals surface area (Å²) in [5.74, 6) is 0. The molecule has 0 amide bonds. The van der Waals surface area contributed by atoms with Crippen molar-refractivity contribution in [1.29, 1.82) is 0 Å². The molecule has 0 heterocycles. The summed E-state index contributed by atoms with van der Waals surface area (Å²) in [7, 11) is -4.64. The highest BCUT2D eigenvalue weighted by Gasteiger charge is 2.42. The second-order valence-electron chi connectivity index (χ2n) is 5.02. The molecule has 0 aromatic heterocycles. The molecule has 1 atom stereocenters. The van der Waals surface area contributed by atoms with Crippen molar-refractivity contribution in [2.24, 2.45) is 0 Å². The maximum Gasteiger partial charge on any atom is 0.334 e. The van der Waals surface area contributed by atoms with Crippen molar-refractivity contribution in [3.63, 3.8) is 0 Å². The Morgan fingerprint density at radius 1 is 1.12 bits per heavy atom. The molecule has 3 nitrogen and oxygen atoms in total. The Morgan fingerprint density at radius 2 is 1.59 bits per heavy atom. The molecule has 102 valence electrons. The molecule has 0 aromatic carbocycles. The molecule has 0 aliphatic carbocycles. The highest BCUT2D eigenvalue weighted by atomic mass is 31.2. The summed E-state index contributed by atoms with van der Waals surface area (Å²) in [6, 6.07) is 0. The molecule has 0 radical (unpaired) electrons. The molecule has 0 spiro atoms. The Labute approximate surface area is 107 Å². The molecule has 0 saturated heterocycles. The van der Waals surface area contributed by atoms with E-state index in [9.17, 15) is 4.57 Å². The van der Waals surface area contributed by atoms with E-state index in [-0.39, 0.29) is 5.28 Å². The van der Waals surface area contributed by atoms with Crippen LogP contribution in [0.2, 0.25) is 19.6 Å². The maximum atomic E-state index is 12.8. The first-order valence-corrected chi connectivity index (χ1v) is 11.6. The van der Waals surface area contributed by atoms with Crippen LogP contribution in [0.5, 0.6) is 0 Å². The predicted molar refractivity (Wildman–Crippen MR) is 77.4 cm³/mol. The SMILES string of the molecule is CC/C=C/C([Si](C)(C)C)P(=O)(OCC)OCC. The second kappa shape index (κ2) is 7.52. The van der Waals surface area contributed by atoms with Gasteiger partial charge in [-0.3, -0.25) is 4.57 Å². The van der Waals surface area contributed by atoms with Crippen LogP contribution in [-0.2, 0) is 13.6 Å². The minimum absolute atomic E-state index is 0.0603. The van der Waals surface area contributed by atoms with E-state index in [0.29, 0.717) is 13.2 Å². The Morgan fingerprint density at radius 3 is 1.88 bits per heavy atom. The summed E-state index contributed by atoms with van der Waals surface area (Å²) in [4.78, 5) is 0. The second-order valence-corrected chi connectivity index (χ2v) is 13.0. The van der Waals surface area contributed by atoms with Crippen molar-refractivity contribution < 1.29 is 13.6 Å². The lowest BCUT2D eigenvalue weighted by atomic mass is 10.4. The summed E-state index contributed by atoms with van der Waals surface area (Å²) in [5, 5.41) is -0.0603. The van der Waals surface area contributed by atoms with Gasteiger partial charge >= 0.3 is 7.60 Å². The smallest absolute Gasteiger partial charge is 0.309 e. The Kier molecular flexibility index (Phi) is 7.57. The van der Waals surface area contributed by atoms with Gasteiger partial charge in [-0.25, -0.2) is 0 Å². The van der Waals surface area contributed by atoms with Crippen LogP contribution < -0.4 is 0 Å². The van der Waals surface area contributed by atoms with Crippen molar-refractivity contribution in [2.75, 3.05) is 13.2 Å². The lowest BCUT2D eigenvalue weighted by Gasteiger charge is -2.32. The molecule has 0 bridgehead atoms. The van der Waals surface area contributed by atoms with Gasteiger partial charge in [0.05, 0.1) is 26.6 Å². The lowest BCUT2D eigenvalue weighted by molar-refractivity contribution is 0.219. The van der Waals surface area contributed by atoms with Gasteiger partial charge in [0.2, 0.25) is 0 Å². The van der Waals surface area contributed by atoms with Gasteiger partial charge in [0.1, 0.15) is 0 Å². The molecule has 0 saturated carbocycles. The Bertz CT molecular complexity index is 274. The first-order chi connectivity index (χ1) is 7.81. The van der Waals surface area contributed by atoms with Gasteiger partial charge in [0, 0.05) is 0 Å². The van der Waals surface area contributed by atoms with Crippen LogP contribution in [0.1, 0.15) is 27.2 Å². The summed E-state index contributed by atoms with van der Waals surface area (Å²) >= 11 is 0. The molecule has 17 heavy (non-hydrogen) atoms. The molecule has 0 aliphatic rings. The van der Waals surface area contributed by atoms with Crippen LogP contribution in [0.25, 0.3) is 0 Å². The van der Waals surface area contributed by atoms with E-state index in [4.69, 9.17) is 9.05 Å². The minimum atomic E-state index is -3.01. The van der Waals surface area contributed by atoms with Crippen molar-refractivity contribution in [3.8, 4) is 0 Å². The van der Waals surface area contributed by atoms with E-state index in [2.05, 4.69) is 32.6 Å². The lowest BCUT2D eigenvalue weighted by Crippen LogP contribution is -2.37. The van der Waals surface area contributed by atoms with Crippen LogP contribution in [0.15, 0.2) is 12.2 Å². The molecular formula is C12H27O3PSi. The molecular weight excluding hydrogens is 251 g/mol. The fourth-order valence-corrected chi connectivity index (χ4v) is 8.09. The van der Waals surface area contributed by atoms with E-state index in [1.165, 1.54) is 0 Å². The molecule has 0 aliphatic heterocycles. The van der Waals surface area contributed by atoms with E-state index < -0.39 is 15.7 Å². The fraction of sp³-hybridized carbons (Fsp3) is 0.833. The quantitative estimate of drug-likeness (QED) is 0.373. The van der Waals surface area contributed by atoms with E-state index in [1.807, 2.05) is 19.9 Å². The van der Waals surface area contributed by atoms with Gasteiger partial charge in [-0.1, -0.05) is 38.7 Å². The first kappa shape index (κ1) is 17.1. The zero-order chi connectivity index (χ0) is 13.5. The van der Waals surface area contributed by atoms with Crippen molar-refractivity contribution in [3.05, 3.63) is 12.2 Å². The monoisotopic (exact) mass is 278 g/mol. The topological polar surface area (TPSA) is 35.5 Å². The highest BCUT2D eigenvalue weighted by molar-refractivity contribution is 7.58. The number of allylic oxidation sites excluding steroid dienone is 2. The molecule has 5 heteroatoms. The third-order valence-corrected chi connectivity index (χ3v) is 9.73. The zero-order valence-corrected chi connectivity index (χ0v) is 13.9. The van der Waals surface area contributed by atoms with E-state index >= 15 is 0 Å². The highest BCUT2D eigenvalue weighted by Crippen LogP contribution is 2.56. The molecule has 0 aromatic rings. The number of hydrogen-bond acceptors (Lipinski definition) is 3. The molecule has 1 unspecified atom stereocenters. The van der Waals surface area contributed by atoms with Gasteiger partial charge in [0.15, 0.2) is 0 Å². The van der Waals surface area contributed by atoms with E-state index in [0.717, 1.165) is 6.42 Å². The Balaban J connectivity index is 5.22. The molecule has 0 rings (SSSR count). The average molecular weight is 278 g/mol. The fourth-order valence-electron chi connectivity index (χ4n) is 1.69. The number of hydrogen-bond donors (Lipinski definition) is 0. The van der Waals surface area contributed by atoms with Gasteiger partial charge in [-0.15, -0.1) is 0 Å². The largest absolute Gasteiger partial charge is 0.334 e. The van der Waals surface area contributed by atoms with Crippen LogP contribution in [-0.4, -0.2) is 26.6 Å². The van der Waals surface area contributed by atoms with Gasteiger partial charge < -0.3 is 9.05 Å². The normalized spacial score (nSPS) is 15.4. The van der Waals surface area contributed by atoms with Gasteiger partial charge in [-0.05, 0) is 20.3 Å². The van der Waals surface area contributed by atoms with Crippen LogP contribution in [0.3, 0.4) is 0 Å². The van der Waals surface area contributed by atoms with Crippen LogP contribution in [0.4, 0.5) is 0 Å². The van der Waals surface area contributed by atoms with Crippen LogP contribution >= 0.6 is 7.60 Å². The Hall–Kier alpha value is 0.107. The summed E-state index contributed by atoms with van der Waals surface area (Å²) < 4.78 is 23.7. The first-order valence-electron chi connectivity index (χ1n) is 6.37. The summed E-state index contributed by atoms with van der Waals surface area (Å²) in [5.41, 5.74) is 0. The maximum absolute atomic E-state index is 12.8. The van der Waals surface area contributed by atoms with Crippen molar-refractivity contribution in [1.82, 2.24) is 0 Å².